The van der Waals surface area contributed by atoms with Gasteiger partial charge in [-0.05, 0) is 41.5 Å². The van der Waals surface area contributed by atoms with Crippen LogP contribution >= 0.6 is 22.9 Å². The molecule has 1 atom stereocenters. The molecular weight excluding hydrogens is 368 g/mol. The Kier molecular flexibility index (Phi) is 4.79. The first kappa shape index (κ1) is 16.9. The van der Waals surface area contributed by atoms with Crippen molar-refractivity contribution in [3.8, 4) is 21.1 Å². The van der Waals surface area contributed by atoms with Crippen LogP contribution < -0.4 is 0 Å². The number of nitrogens with one attached hydrogen (secondary N) is 1. The SMILES string of the molecule is COC(c1ccc(Cl)cc1)c1cc(-c2ccncc2)sc1-c1nnc[nH]1. The first-order valence-electron chi connectivity index (χ1n) is 7.95. The van der Waals surface area contributed by atoms with E-state index in [1.807, 2.05) is 36.4 Å². The first-order chi connectivity index (χ1) is 12.8. The second-order valence-corrected chi connectivity index (χ2v) is 7.12. The molecule has 0 saturated heterocycles. The molecule has 1 unspecified atom stereocenters. The summed E-state index contributed by atoms with van der Waals surface area (Å²) >= 11 is 7.68. The summed E-state index contributed by atoms with van der Waals surface area (Å²) < 4.78 is 5.84. The van der Waals surface area contributed by atoms with Crippen molar-refractivity contribution < 1.29 is 4.74 Å². The number of benzene rings is 1. The van der Waals surface area contributed by atoms with Gasteiger partial charge in [0.1, 0.15) is 12.4 Å². The van der Waals surface area contributed by atoms with Gasteiger partial charge in [-0.1, -0.05) is 23.7 Å². The van der Waals surface area contributed by atoms with Crippen molar-refractivity contribution in [2.45, 2.75) is 6.10 Å². The highest BCUT2D eigenvalue weighted by atomic mass is 35.5. The van der Waals surface area contributed by atoms with Gasteiger partial charge >= 0.3 is 0 Å². The van der Waals surface area contributed by atoms with E-state index in [0.717, 1.165) is 32.3 Å². The van der Waals surface area contributed by atoms with Gasteiger partial charge in [0.05, 0.1) is 4.88 Å². The standard InChI is InChI=1S/C19H15ClN4OS/c1-25-17(13-2-4-14(20)5-3-13)15-10-16(12-6-8-21-9-7-12)26-18(15)19-22-11-23-24-19/h2-11,17H,1H3,(H,22,23,24). The predicted molar refractivity (Wildman–Crippen MR) is 103 cm³/mol. The van der Waals surface area contributed by atoms with E-state index in [9.17, 15) is 0 Å². The summed E-state index contributed by atoms with van der Waals surface area (Å²) in [6, 6.07) is 13.8. The van der Waals surface area contributed by atoms with Crippen molar-refractivity contribution in [3.63, 3.8) is 0 Å². The average Bonchev–Trinajstić information content (AvgIpc) is 3.34. The maximum absolute atomic E-state index is 6.03. The van der Waals surface area contributed by atoms with Crippen LogP contribution in [0.4, 0.5) is 0 Å². The van der Waals surface area contributed by atoms with E-state index in [-0.39, 0.29) is 6.10 Å². The Labute approximate surface area is 159 Å². The van der Waals surface area contributed by atoms with Gasteiger partial charge in [0.2, 0.25) is 0 Å². The zero-order valence-electron chi connectivity index (χ0n) is 13.9. The Bertz CT molecular complexity index is 984. The molecule has 7 heteroatoms. The molecule has 5 nitrogen and oxygen atoms in total. The molecule has 1 aromatic carbocycles. The number of thiophene rings is 1. The smallest absolute Gasteiger partial charge is 0.171 e. The zero-order chi connectivity index (χ0) is 17.9. The maximum Gasteiger partial charge on any atom is 0.171 e. The topological polar surface area (TPSA) is 63.7 Å². The number of aromatic nitrogens is 4. The number of pyridine rings is 1. The molecule has 26 heavy (non-hydrogen) atoms. The Balaban J connectivity index is 1.85. The van der Waals surface area contributed by atoms with E-state index in [0.29, 0.717) is 5.02 Å². The molecule has 3 aromatic heterocycles. The van der Waals surface area contributed by atoms with Gasteiger partial charge in [-0.15, -0.1) is 21.5 Å². The van der Waals surface area contributed by atoms with Crippen molar-refractivity contribution in [2.24, 2.45) is 0 Å². The molecule has 0 spiro atoms. The molecule has 1 N–H and O–H groups in total. The fraction of sp³-hybridized carbons (Fsp3) is 0.105. The van der Waals surface area contributed by atoms with Crippen LogP contribution in [0.5, 0.6) is 0 Å². The minimum Gasteiger partial charge on any atom is -0.372 e. The molecule has 0 saturated carbocycles. The molecule has 0 fully saturated rings. The molecule has 130 valence electrons. The minimum atomic E-state index is -0.237. The Morgan fingerprint density at radius 1 is 1.12 bits per heavy atom. The monoisotopic (exact) mass is 382 g/mol. The summed E-state index contributed by atoms with van der Waals surface area (Å²) in [5, 5.41) is 8.81. The third kappa shape index (κ3) is 3.26. The predicted octanol–water partition coefficient (Wildman–Crippen LogP) is 4.98. The number of halogens is 1. The molecule has 3 heterocycles. The number of H-pyrrole nitrogens is 1. The van der Waals surface area contributed by atoms with Crippen LogP contribution in [0.1, 0.15) is 17.2 Å². The van der Waals surface area contributed by atoms with Crippen molar-refractivity contribution in [1.82, 2.24) is 20.2 Å². The van der Waals surface area contributed by atoms with Crippen LogP contribution in [-0.2, 0) is 4.74 Å². The molecule has 0 amide bonds. The van der Waals surface area contributed by atoms with Crippen molar-refractivity contribution in [3.05, 3.63) is 77.3 Å². The zero-order valence-corrected chi connectivity index (χ0v) is 15.5. The van der Waals surface area contributed by atoms with E-state index in [1.54, 1.807) is 37.2 Å². The second-order valence-electron chi connectivity index (χ2n) is 5.64. The van der Waals surface area contributed by atoms with E-state index < -0.39 is 0 Å². The number of hydrogen-bond acceptors (Lipinski definition) is 5. The van der Waals surface area contributed by atoms with Crippen LogP contribution in [0.3, 0.4) is 0 Å². The maximum atomic E-state index is 6.03. The van der Waals surface area contributed by atoms with Gasteiger partial charge in [-0.2, -0.15) is 0 Å². The Hall–Kier alpha value is -2.54. The molecular formula is C19H15ClN4OS. The van der Waals surface area contributed by atoms with Crippen LogP contribution in [0.25, 0.3) is 21.1 Å². The summed E-state index contributed by atoms with van der Waals surface area (Å²) in [4.78, 5) is 9.31. The van der Waals surface area contributed by atoms with Gasteiger partial charge in [0.25, 0.3) is 0 Å². The van der Waals surface area contributed by atoms with Crippen LogP contribution in [-0.4, -0.2) is 27.3 Å². The van der Waals surface area contributed by atoms with Gasteiger partial charge < -0.3 is 9.72 Å². The summed E-state index contributed by atoms with van der Waals surface area (Å²) in [7, 11) is 1.70. The lowest BCUT2D eigenvalue weighted by Gasteiger charge is -2.16. The summed E-state index contributed by atoms with van der Waals surface area (Å²) in [5.41, 5.74) is 3.16. The van der Waals surface area contributed by atoms with Crippen molar-refractivity contribution in [2.75, 3.05) is 7.11 Å². The molecule has 4 rings (SSSR count). The Morgan fingerprint density at radius 3 is 2.54 bits per heavy atom. The lowest BCUT2D eigenvalue weighted by molar-refractivity contribution is 0.137. The van der Waals surface area contributed by atoms with E-state index in [1.165, 1.54) is 0 Å². The minimum absolute atomic E-state index is 0.237. The average molecular weight is 383 g/mol. The van der Waals surface area contributed by atoms with Crippen LogP contribution in [0.15, 0.2) is 61.2 Å². The highest BCUT2D eigenvalue weighted by Gasteiger charge is 2.23. The fourth-order valence-corrected chi connectivity index (χ4v) is 4.11. The number of nitrogens with zero attached hydrogens (tertiary/aromatic N) is 3. The van der Waals surface area contributed by atoms with Crippen LogP contribution in [0, 0.1) is 0 Å². The highest BCUT2D eigenvalue weighted by Crippen LogP contribution is 2.42. The number of rotatable bonds is 5. The highest BCUT2D eigenvalue weighted by molar-refractivity contribution is 7.19. The van der Waals surface area contributed by atoms with Crippen molar-refractivity contribution >= 4 is 22.9 Å². The third-order valence-corrected chi connectivity index (χ3v) is 5.51. The quantitative estimate of drug-likeness (QED) is 0.528. The first-order valence-corrected chi connectivity index (χ1v) is 9.14. The Morgan fingerprint density at radius 2 is 1.88 bits per heavy atom. The number of hydrogen-bond donors (Lipinski definition) is 1. The largest absolute Gasteiger partial charge is 0.372 e. The number of methoxy groups -OCH3 is 1. The van der Waals surface area contributed by atoms with E-state index in [4.69, 9.17) is 16.3 Å². The number of aromatic amines is 1. The van der Waals surface area contributed by atoms with Gasteiger partial charge in [0.15, 0.2) is 5.82 Å². The lowest BCUT2D eigenvalue weighted by Crippen LogP contribution is -2.03. The van der Waals surface area contributed by atoms with Crippen LogP contribution in [0.2, 0.25) is 5.02 Å². The molecule has 0 aliphatic heterocycles. The van der Waals surface area contributed by atoms with Gasteiger partial charge in [0, 0.05) is 35.0 Å². The van der Waals surface area contributed by atoms with E-state index in [2.05, 4.69) is 26.2 Å². The fourth-order valence-electron chi connectivity index (χ4n) is 2.84. The molecule has 0 aliphatic carbocycles. The molecule has 0 bridgehead atoms. The van der Waals surface area contributed by atoms with Gasteiger partial charge in [-0.25, -0.2) is 0 Å². The normalized spacial score (nSPS) is 12.2. The summed E-state index contributed by atoms with van der Waals surface area (Å²) in [5.74, 6) is 0.723. The van der Waals surface area contributed by atoms with Crippen molar-refractivity contribution in [1.29, 1.82) is 0 Å². The third-order valence-electron chi connectivity index (χ3n) is 4.05. The molecule has 4 aromatic rings. The number of ether oxygens (including phenoxy) is 1. The lowest BCUT2D eigenvalue weighted by atomic mass is 10.0. The van der Waals surface area contributed by atoms with Gasteiger partial charge in [-0.3, -0.25) is 4.98 Å². The molecule has 0 radical (unpaired) electrons. The second kappa shape index (κ2) is 7.37. The summed E-state index contributed by atoms with van der Waals surface area (Å²) in [6.07, 6.45) is 4.92. The summed E-state index contributed by atoms with van der Waals surface area (Å²) in [6.45, 7) is 0. The molecule has 0 aliphatic rings. The van der Waals surface area contributed by atoms with E-state index >= 15 is 0 Å².